The highest BCUT2D eigenvalue weighted by molar-refractivity contribution is 6.30. The van der Waals surface area contributed by atoms with Crippen molar-refractivity contribution < 1.29 is 14.3 Å². The molecule has 0 aromatic heterocycles. The molecule has 6 heteroatoms. The summed E-state index contributed by atoms with van der Waals surface area (Å²) in [6, 6.07) is 12.9. The molecule has 0 aliphatic rings. The zero-order valence-electron chi connectivity index (χ0n) is 16.2. The Bertz CT molecular complexity index is 930. The van der Waals surface area contributed by atoms with Crippen molar-refractivity contribution in [1.29, 1.82) is 5.26 Å². The molecule has 0 unspecified atom stereocenters. The summed E-state index contributed by atoms with van der Waals surface area (Å²) in [7, 11) is 0. The summed E-state index contributed by atoms with van der Waals surface area (Å²) in [5.41, 5.74) is 7.79. The second kappa shape index (κ2) is 9.82. The first-order chi connectivity index (χ1) is 13.3. The lowest BCUT2D eigenvalue weighted by Gasteiger charge is -2.16. The third-order valence-corrected chi connectivity index (χ3v) is 4.28. The number of carbonyl (C=O) groups excluding carboxylic acids is 1. The molecule has 0 saturated carbocycles. The number of nitriles is 1. The van der Waals surface area contributed by atoms with Crippen molar-refractivity contribution in [3.63, 3.8) is 0 Å². The molecule has 0 bridgehead atoms. The summed E-state index contributed by atoms with van der Waals surface area (Å²) in [6.07, 6.45) is 1.36. The molecule has 0 heterocycles. The van der Waals surface area contributed by atoms with Gasteiger partial charge in [-0.1, -0.05) is 37.6 Å². The van der Waals surface area contributed by atoms with Crippen molar-refractivity contribution in [2.45, 2.75) is 26.7 Å². The van der Waals surface area contributed by atoms with E-state index in [9.17, 15) is 4.79 Å². The zero-order chi connectivity index (χ0) is 20.7. The second-order valence-corrected chi connectivity index (χ2v) is 7.05. The van der Waals surface area contributed by atoms with Crippen LogP contribution in [0.4, 0.5) is 0 Å². The van der Waals surface area contributed by atoms with E-state index in [-0.39, 0.29) is 12.2 Å². The predicted octanol–water partition coefficient (Wildman–Crippen LogP) is 4.62. The van der Waals surface area contributed by atoms with E-state index in [0.717, 1.165) is 16.9 Å². The maximum absolute atomic E-state index is 11.3. The number of rotatable bonds is 8. The van der Waals surface area contributed by atoms with Crippen LogP contribution in [0.1, 0.15) is 36.5 Å². The largest absolute Gasteiger partial charge is 0.490 e. The highest BCUT2D eigenvalue weighted by atomic mass is 35.5. The number of hydrogen-bond acceptors (Lipinski definition) is 4. The number of amides is 1. The van der Waals surface area contributed by atoms with E-state index in [1.807, 2.05) is 13.0 Å². The van der Waals surface area contributed by atoms with Gasteiger partial charge in [0.15, 0.2) is 0 Å². The predicted molar refractivity (Wildman–Crippen MR) is 110 cm³/mol. The molecule has 0 atom stereocenters. The molecule has 28 heavy (non-hydrogen) atoms. The minimum absolute atomic E-state index is 0.176. The molecule has 0 radical (unpaired) electrons. The Balaban J connectivity index is 2.09. The highest BCUT2D eigenvalue weighted by Crippen LogP contribution is 2.28. The fraction of sp³-hybridized carbons (Fsp3) is 0.273. The smallest absolute Gasteiger partial charge is 0.259 e. The van der Waals surface area contributed by atoms with Gasteiger partial charge < -0.3 is 15.2 Å². The van der Waals surface area contributed by atoms with Crippen LogP contribution < -0.4 is 15.2 Å². The number of nitrogens with two attached hydrogens (primary N) is 1. The van der Waals surface area contributed by atoms with Crippen LogP contribution in [-0.2, 0) is 4.79 Å². The van der Waals surface area contributed by atoms with Crippen LogP contribution >= 0.6 is 11.6 Å². The van der Waals surface area contributed by atoms with Gasteiger partial charge in [0.25, 0.3) is 5.91 Å². The molecular weight excluding hydrogens is 376 g/mol. The molecule has 1 amide bonds. The molecule has 2 rings (SSSR count). The lowest BCUT2D eigenvalue weighted by atomic mass is 10.0. The fourth-order valence-electron chi connectivity index (χ4n) is 2.62. The molecule has 2 aromatic carbocycles. The molecule has 5 nitrogen and oxygen atoms in total. The van der Waals surface area contributed by atoms with Crippen LogP contribution in [0, 0.1) is 18.3 Å². The minimum Gasteiger partial charge on any atom is -0.490 e. The molecule has 2 aromatic rings. The van der Waals surface area contributed by atoms with Gasteiger partial charge in [0.1, 0.15) is 36.4 Å². The van der Waals surface area contributed by atoms with Crippen LogP contribution in [0.5, 0.6) is 11.5 Å². The summed E-state index contributed by atoms with van der Waals surface area (Å²) in [5, 5.41) is 9.49. The van der Waals surface area contributed by atoms with Gasteiger partial charge in [-0.05, 0) is 54.3 Å². The van der Waals surface area contributed by atoms with Crippen LogP contribution in [-0.4, -0.2) is 19.1 Å². The van der Waals surface area contributed by atoms with Crippen LogP contribution in [0.15, 0.2) is 42.0 Å². The molecule has 2 N–H and O–H groups in total. The van der Waals surface area contributed by atoms with Gasteiger partial charge in [-0.15, -0.1) is 0 Å². The third kappa shape index (κ3) is 5.77. The fourth-order valence-corrected chi connectivity index (χ4v) is 2.80. The number of nitrogens with zero attached hydrogens (tertiary/aromatic N) is 1. The van der Waals surface area contributed by atoms with E-state index >= 15 is 0 Å². The SMILES string of the molecule is Cc1ccc(C(C)C)c(OCCOc2ccc(Cl)cc2/C=C(\C#N)C(N)=O)c1. The molecule has 146 valence electrons. The first-order valence-corrected chi connectivity index (χ1v) is 9.27. The lowest BCUT2D eigenvalue weighted by Crippen LogP contribution is -2.13. The zero-order valence-corrected chi connectivity index (χ0v) is 16.9. The summed E-state index contributed by atoms with van der Waals surface area (Å²) in [4.78, 5) is 11.3. The van der Waals surface area contributed by atoms with Crippen LogP contribution in [0.25, 0.3) is 6.08 Å². The van der Waals surface area contributed by atoms with Gasteiger partial charge in [0.2, 0.25) is 0 Å². The van der Waals surface area contributed by atoms with Gasteiger partial charge >= 0.3 is 0 Å². The number of carbonyl (C=O) groups is 1. The Morgan fingerprint density at radius 2 is 1.86 bits per heavy atom. The summed E-state index contributed by atoms with van der Waals surface area (Å²) in [5.74, 6) is 0.866. The van der Waals surface area contributed by atoms with Gasteiger partial charge in [-0.2, -0.15) is 5.26 Å². The normalized spacial score (nSPS) is 11.2. The van der Waals surface area contributed by atoms with Crippen LogP contribution in [0.2, 0.25) is 5.02 Å². The van der Waals surface area contributed by atoms with Gasteiger partial charge in [0.05, 0.1) is 0 Å². The average Bonchev–Trinajstić information content (AvgIpc) is 2.64. The first kappa shape index (κ1) is 21.3. The van der Waals surface area contributed by atoms with E-state index in [0.29, 0.717) is 28.9 Å². The molecule has 0 aliphatic carbocycles. The minimum atomic E-state index is -0.808. The Labute approximate surface area is 170 Å². The van der Waals surface area contributed by atoms with Crippen molar-refractivity contribution in [2.24, 2.45) is 5.73 Å². The number of halogens is 1. The topological polar surface area (TPSA) is 85.3 Å². The van der Waals surface area contributed by atoms with Crippen molar-refractivity contribution in [2.75, 3.05) is 13.2 Å². The molecule has 0 fully saturated rings. The van der Waals surface area contributed by atoms with Crippen molar-refractivity contribution >= 4 is 23.6 Å². The Morgan fingerprint density at radius 1 is 1.18 bits per heavy atom. The number of ether oxygens (including phenoxy) is 2. The highest BCUT2D eigenvalue weighted by Gasteiger charge is 2.10. The summed E-state index contributed by atoms with van der Waals surface area (Å²) >= 11 is 6.02. The molecule has 0 aliphatic heterocycles. The molecular formula is C22H23ClN2O3. The van der Waals surface area contributed by atoms with E-state index in [1.54, 1.807) is 24.3 Å². The third-order valence-electron chi connectivity index (χ3n) is 4.05. The Kier molecular flexibility index (Phi) is 7.48. The monoisotopic (exact) mass is 398 g/mol. The average molecular weight is 399 g/mol. The number of hydrogen-bond donors (Lipinski definition) is 1. The molecule has 0 saturated heterocycles. The van der Waals surface area contributed by atoms with E-state index in [2.05, 4.69) is 26.0 Å². The van der Waals surface area contributed by atoms with Gasteiger partial charge in [0, 0.05) is 10.6 Å². The Morgan fingerprint density at radius 3 is 2.46 bits per heavy atom. The summed E-state index contributed by atoms with van der Waals surface area (Å²) < 4.78 is 11.7. The van der Waals surface area contributed by atoms with Gasteiger partial charge in [-0.3, -0.25) is 4.79 Å². The standard InChI is InChI=1S/C22H23ClN2O3/c1-14(2)19-6-4-15(3)10-21(19)28-9-8-27-20-7-5-18(23)12-16(20)11-17(13-24)22(25)26/h4-7,10-12,14H,8-9H2,1-3H3,(H2,25,26)/b17-11+. The van der Waals surface area contributed by atoms with Crippen molar-refractivity contribution in [3.05, 3.63) is 63.7 Å². The quantitative estimate of drug-likeness (QED) is 0.399. The lowest BCUT2D eigenvalue weighted by molar-refractivity contribution is -0.114. The first-order valence-electron chi connectivity index (χ1n) is 8.89. The maximum atomic E-state index is 11.3. The number of benzene rings is 2. The molecule has 0 spiro atoms. The van der Waals surface area contributed by atoms with Gasteiger partial charge in [-0.25, -0.2) is 0 Å². The maximum Gasteiger partial charge on any atom is 0.259 e. The number of aryl methyl sites for hydroxylation is 1. The van der Waals surface area contributed by atoms with E-state index in [1.165, 1.54) is 6.08 Å². The van der Waals surface area contributed by atoms with Crippen molar-refractivity contribution in [3.8, 4) is 17.6 Å². The van der Waals surface area contributed by atoms with Crippen molar-refractivity contribution in [1.82, 2.24) is 0 Å². The Hall–Kier alpha value is -2.97. The van der Waals surface area contributed by atoms with E-state index in [4.69, 9.17) is 32.1 Å². The van der Waals surface area contributed by atoms with E-state index < -0.39 is 5.91 Å². The second-order valence-electron chi connectivity index (χ2n) is 6.61. The number of primary amides is 1. The summed E-state index contributed by atoms with van der Waals surface area (Å²) in [6.45, 7) is 6.88. The van der Waals surface area contributed by atoms with Crippen LogP contribution in [0.3, 0.4) is 0 Å².